The standard InChI is InChI=1S/C10H16N4O5/c1-3-7(15)11-5-12(8(16)4-2)10-9(11)13(6-19-10)14(17)18/h9-10H,3-6H2,1-2H3. The van der Waals surface area contributed by atoms with Crippen molar-refractivity contribution in [3.63, 3.8) is 0 Å². The Kier molecular flexibility index (Phi) is 3.56. The summed E-state index contributed by atoms with van der Waals surface area (Å²) in [6, 6.07) is 0. The van der Waals surface area contributed by atoms with E-state index in [9.17, 15) is 19.7 Å². The van der Waals surface area contributed by atoms with Gasteiger partial charge in [0.15, 0.2) is 18.0 Å². The summed E-state index contributed by atoms with van der Waals surface area (Å²) in [4.78, 5) is 37.3. The molecule has 2 aliphatic heterocycles. The van der Waals surface area contributed by atoms with E-state index in [1.165, 1.54) is 9.80 Å². The fraction of sp³-hybridized carbons (Fsp3) is 0.800. The Morgan fingerprint density at radius 1 is 1.26 bits per heavy atom. The van der Waals surface area contributed by atoms with Crippen LogP contribution in [0.2, 0.25) is 0 Å². The van der Waals surface area contributed by atoms with Gasteiger partial charge in [-0.15, -0.1) is 0 Å². The zero-order chi connectivity index (χ0) is 14.2. The molecule has 2 unspecified atom stereocenters. The molecular weight excluding hydrogens is 256 g/mol. The van der Waals surface area contributed by atoms with E-state index in [1.54, 1.807) is 13.8 Å². The molecular formula is C10H16N4O5. The summed E-state index contributed by atoms with van der Waals surface area (Å²) in [5.74, 6) is -0.426. The SMILES string of the molecule is CCC(=O)N1CN(C(=O)CC)C2C1OCN2[N+](=O)[O-]. The Bertz CT molecular complexity index is 415. The summed E-state index contributed by atoms with van der Waals surface area (Å²) >= 11 is 0. The van der Waals surface area contributed by atoms with Crippen LogP contribution in [0.5, 0.6) is 0 Å². The minimum atomic E-state index is -0.835. The van der Waals surface area contributed by atoms with Gasteiger partial charge in [0, 0.05) is 12.8 Å². The molecule has 9 nitrogen and oxygen atoms in total. The summed E-state index contributed by atoms with van der Waals surface area (Å²) in [7, 11) is 0. The molecule has 0 N–H and O–H groups in total. The number of carbonyl (C=O) groups excluding carboxylic acids is 2. The van der Waals surface area contributed by atoms with Gasteiger partial charge in [0.1, 0.15) is 6.67 Å². The van der Waals surface area contributed by atoms with Crippen molar-refractivity contribution >= 4 is 11.8 Å². The number of fused-ring (bicyclic) bond motifs is 1. The molecule has 19 heavy (non-hydrogen) atoms. The molecule has 0 bridgehead atoms. The zero-order valence-corrected chi connectivity index (χ0v) is 10.8. The van der Waals surface area contributed by atoms with E-state index in [4.69, 9.17) is 4.74 Å². The number of nitrogens with zero attached hydrogens (tertiary/aromatic N) is 4. The summed E-state index contributed by atoms with van der Waals surface area (Å²) < 4.78 is 5.31. The topological polar surface area (TPSA) is 96.2 Å². The van der Waals surface area contributed by atoms with Gasteiger partial charge in [-0.3, -0.25) is 19.4 Å². The fourth-order valence-electron chi connectivity index (χ4n) is 2.35. The highest BCUT2D eigenvalue weighted by Gasteiger charge is 2.55. The van der Waals surface area contributed by atoms with Gasteiger partial charge in [-0.05, 0) is 0 Å². The number of hydrogen-bond donors (Lipinski definition) is 0. The quantitative estimate of drug-likeness (QED) is 0.511. The smallest absolute Gasteiger partial charge is 0.225 e. The zero-order valence-electron chi connectivity index (χ0n) is 10.8. The van der Waals surface area contributed by atoms with E-state index < -0.39 is 17.4 Å². The molecule has 106 valence electrons. The van der Waals surface area contributed by atoms with Crippen LogP contribution in [0.3, 0.4) is 0 Å². The molecule has 0 aromatic rings. The lowest BCUT2D eigenvalue weighted by atomic mass is 10.3. The third-order valence-electron chi connectivity index (χ3n) is 3.32. The summed E-state index contributed by atoms with van der Waals surface area (Å²) in [5, 5.41) is 11.2. The van der Waals surface area contributed by atoms with Crippen molar-refractivity contribution in [3.05, 3.63) is 10.1 Å². The normalized spacial score (nSPS) is 25.7. The van der Waals surface area contributed by atoms with Gasteiger partial charge in [-0.2, -0.15) is 0 Å². The molecule has 2 atom stereocenters. The van der Waals surface area contributed by atoms with Gasteiger partial charge in [0.2, 0.25) is 18.0 Å². The van der Waals surface area contributed by atoms with Crippen LogP contribution in [0.4, 0.5) is 0 Å². The Morgan fingerprint density at radius 3 is 2.37 bits per heavy atom. The number of amides is 2. The van der Waals surface area contributed by atoms with Gasteiger partial charge in [-0.25, -0.2) is 10.1 Å². The van der Waals surface area contributed by atoms with Crippen LogP contribution in [0, 0.1) is 10.1 Å². The van der Waals surface area contributed by atoms with E-state index in [2.05, 4.69) is 0 Å². The molecule has 0 saturated carbocycles. The van der Waals surface area contributed by atoms with E-state index in [-0.39, 0.29) is 38.1 Å². The molecule has 0 spiro atoms. The van der Waals surface area contributed by atoms with Crippen LogP contribution in [0.15, 0.2) is 0 Å². The maximum absolute atomic E-state index is 11.9. The molecule has 2 saturated heterocycles. The minimum Gasteiger partial charge on any atom is -0.328 e. The lowest BCUT2D eigenvalue weighted by Gasteiger charge is -2.23. The van der Waals surface area contributed by atoms with Crippen LogP contribution in [-0.4, -0.2) is 57.4 Å². The van der Waals surface area contributed by atoms with Crippen molar-refractivity contribution in [2.45, 2.75) is 39.1 Å². The van der Waals surface area contributed by atoms with Crippen molar-refractivity contribution in [3.8, 4) is 0 Å². The average molecular weight is 272 g/mol. The van der Waals surface area contributed by atoms with Crippen molar-refractivity contribution in [2.75, 3.05) is 13.4 Å². The van der Waals surface area contributed by atoms with Gasteiger partial charge in [-0.1, -0.05) is 18.9 Å². The highest BCUT2D eigenvalue weighted by atomic mass is 16.7. The third-order valence-corrected chi connectivity index (χ3v) is 3.32. The van der Waals surface area contributed by atoms with Crippen LogP contribution in [-0.2, 0) is 14.3 Å². The second-order valence-corrected chi connectivity index (χ2v) is 4.35. The number of carbonyl (C=O) groups is 2. The molecule has 2 rings (SSSR count). The molecule has 2 fully saturated rings. The minimum absolute atomic E-state index is 0.0407. The average Bonchev–Trinajstić information content (AvgIpc) is 2.96. The predicted octanol–water partition coefficient (Wildman–Crippen LogP) is -0.432. The molecule has 0 aromatic heterocycles. The molecule has 2 amide bonds. The summed E-state index contributed by atoms with van der Waals surface area (Å²) in [6.45, 7) is 3.18. The monoisotopic (exact) mass is 272 g/mol. The summed E-state index contributed by atoms with van der Waals surface area (Å²) in [5.41, 5.74) is 0. The Balaban J connectivity index is 2.28. The lowest BCUT2D eigenvalue weighted by Crippen LogP contribution is -2.49. The van der Waals surface area contributed by atoms with E-state index in [1.807, 2.05) is 0 Å². The van der Waals surface area contributed by atoms with Gasteiger partial charge in [0.05, 0.1) is 0 Å². The molecule has 0 radical (unpaired) electrons. The number of hydrogen-bond acceptors (Lipinski definition) is 5. The predicted molar refractivity (Wildman–Crippen MR) is 61.5 cm³/mol. The Hall–Kier alpha value is -1.90. The molecule has 2 heterocycles. The van der Waals surface area contributed by atoms with E-state index >= 15 is 0 Å². The number of rotatable bonds is 3. The number of nitro groups is 1. The summed E-state index contributed by atoms with van der Waals surface area (Å²) in [6.07, 6.45) is -1.10. The Morgan fingerprint density at radius 2 is 1.84 bits per heavy atom. The molecule has 0 aliphatic carbocycles. The van der Waals surface area contributed by atoms with Crippen molar-refractivity contribution < 1.29 is 19.4 Å². The second-order valence-electron chi connectivity index (χ2n) is 4.35. The first-order chi connectivity index (χ1) is 9.01. The third kappa shape index (κ3) is 2.09. The van der Waals surface area contributed by atoms with Crippen molar-refractivity contribution in [1.82, 2.24) is 14.8 Å². The number of hydrazine groups is 1. The highest BCUT2D eigenvalue weighted by Crippen LogP contribution is 2.31. The van der Waals surface area contributed by atoms with Gasteiger partial charge >= 0.3 is 0 Å². The van der Waals surface area contributed by atoms with E-state index in [0.717, 1.165) is 5.01 Å². The van der Waals surface area contributed by atoms with Crippen LogP contribution >= 0.6 is 0 Å². The largest absolute Gasteiger partial charge is 0.328 e. The lowest BCUT2D eigenvalue weighted by molar-refractivity contribution is -0.666. The molecule has 0 aromatic carbocycles. The first-order valence-corrected chi connectivity index (χ1v) is 6.12. The number of ether oxygens (including phenoxy) is 1. The second kappa shape index (κ2) is 5.00. The van der Waals surface area contributed by atoms with Gasteiger partial charge in [0.25, 0.3) is 0 Å². The van der Waals surface area contributed by atoms with E-state index in [0.29, 0.717) is 0 Å². The van der Waals surface area contributed by atoms with Crippen LogP contribution in [0.1, 0.15) is 26.7 Å². The Labute approximate surface area is 109 Å². The first kappa shape index (κ1) is 13.5. The first-order valence-electron chi connectivity index (χ1n) is 6.12. The van der Waals surface area contributed by atoms with Gasteiger partial charge < -0.3 is 4.74 Å². The maximum atomic E-state index is 11.9. The maximum Gasteiger partial charge on any atom is 0.225 e. The van der Waals surface area contributed by atoms with Crippen LogP contribution < -0.4 is 0 Å². The van der Waals surface area contributed by atoms with Crippen LogP contribution in [0.25, 0.3) is 0 Å². The van der Waals surface area contributed by atoms with Crippen molar-refractivity contribution in [1.29, 1.82) is 0 Å². The van der Waals surface area contributed by atoms with Crippen molar-refractivity contribution in [2.24, 2.45) is 0 Å². The molecule has 2 aliphatic rings. The fourth-order valence-corrected chi connectivity index (χ4v) is 2.35. The highest BCUT2D eigenvalue weighted by molar-refractivity contribution is 5.80. The molecule has 9 heteroatoms.